The fourth-order valence-corrected chi connectivity index (χ4v) is 3.49. The van der Waals surface area contributed by atoms with Crippen molar-refractivity contribution in [3.8, 4) is 11.1 Å². The van der Waals surface area contributed by atoms with Crippen LogP contribution in [0, 0.1) is 5.82 Å². The van der Waals surface area contributed by atoms with Gasteiger partial charge in [0.05, 0.1) is 0 Å². The second-order valence-corrected chi connectivity index (χ2v) is 6.58. The van der Waals surface area contributed by atoms with Crippen LogP contribution < -0.4 is 0 Å². The Kier molecular flexibility index (Phi) is 4.64. The normalized spacial score (nSPS) is 11.4. The second-order valence-electron chi connectivity index (χ2n) is 5.79. The molecule has 0 N–H and O–H groups in total. The number of halogens is 2. The Balaban J connectivity index is 2.65. The van der Waals surface area contributed by atoms with Gasteiger partial charge in [0.25, 0.3) is 0 Å². The van der Waals surface area contributed by atoms with Gasteiger partial charge in [-0.2, -0.15) is 0 Å². The molecule has 2 aromatic rings. The van der Waals surface area contributed by atoms with E-state index in [1.807, 2.05) is 6.07 Å². The summed E-state index contributed by atoms with van der Waals surface area (Å²) >= 11 is 3.73. The fourth-order valence-electron chi connectivity index (χ4n) is 2.35. The van der Waals surface area contributed by atoms with E-state index in [1.54, 1.807) is 12.1 Å². The zero-order chi connectivity index (χ0) is 14.9. The summed E-state index contributed by atoms with van der Waals surface area (Å²) in [7, 11) is 0. The van der Waals surface area contributed by atoms with E-state index in [9.17, 15) is 4.39 Å². The van der Waals surface area contributed by atoms with Crippen LogP contribution >= 0.6 is 15.9 Å². The molecule has 0 aliphatic rings. The Morgan fingerprint density at radius 2 is 1.40 bits per heavy atom. The van der Waals surface area contributed by atoms with Crippen LogP contribution in [0.1, 0.15) is 50.7 Å². The molecule has 0 heterocycles. The summed E-state index contributed by atoms with van der Waals surface area (Å²) < 4.78 is 14.6. The van der Waals surface area contributed by atoms with Crippen LogP contribution in [0.15, 0.2) is 40.9 Å². The Labute approximate surface area is 129 Å². The fraction of sp³-hybridized carbons (Fsp3) is 0.333. The highest BCUT2D eigenvalue weighted by atomic mass is 79.9. The summed E-state index contributed by atoms with van der Waals surface area (Å²) in [6.45, 7) is 8.72. The van der Waals surface area contributed by atoms with Crippen LogP contribution in [-0.4, -0.2) is 0 Å². The Bertz CT molecular complexity index is 586. The van der Waals surface area contributed by atoms with Crippen molar-refractivity contribution >= 4 is 15.9 Å². The summed E-state index contributed by atoms with van der Waals surface area (Å²) in [5, 5.41) is 0. The molecule has 0 saturated carbocycles. The number of hydrogen-bond acceptors (Lipinski definition) is 0. The van der Waals surface area contributed by atoms with Crippen molar-refractivity contribution in [2.45, 2.75) is 39.5 Å². The third-order valence-electron chi connectivity index (χ3n) is 3.53. The molecule has 0 radical (unpaired) electrons. The number of hydrogen-bond donors (Lipinski definition) is 0. The van der Waals surface area contributed by atoms with Gasteiger partial charge in [0.15, 0.2) is 0 Å². The average Bonchev–Trinajstić information content (AvgIpc) is 2.38. The molecule has 0 aliphatic carbocycles. The topological polar surface area (TPSA) is 0 Å². The molecule has 0 aromatic heterocycles. The maximum absolute atomic E-state index is 13.4. The van der Waals surface area contributed by atoms with Gasteiger partial charge in [-0.1, -0.05) is 55.8 Å². The highest BCUT2D eigenvalue weighted by molar-refractivity contribution is 9.10. The van der Waals surface area contributed by atoms with Gasteiger partial charge in [0, 0.05) is 4.47 Å². The van der Waals surface area contributed by atoms with Gasteiger partial charge in [-0.25, -0.2) is 4.39 Å². The summed E-state index contributed by atoms with van der Waals surface area (Å²) in [4.78, 5) is 0. The molecule has 0 aliphatic heterocycles. The SMILES string of the molecule is CC(C)c1cc(-c2cccc(F)c2)cc(C(C)C)c1Br. The van der Waals surface area contributed by atoms with Crippen molar-refractivity contribution in [1.82, 2.24) is 0 Å². The average molecular weight is 335 g/mol. The van der Waals surface area contributed by atoms with Crippen LogP contribution in [0.2, 0.25) is 0 Å². The van der Waals surface area contributed by atoms with Crippen molar-refractivity contribution in [3.63, 3.8) is 0 Å². The van der Waals surface area contributed by atoms with E-state index in [4.69, 9.17) is 0 Å². The third kappa shape index (κ3) is 3.12. The molecule has 2 heteroatoms. The minimum absolute atomic E-state index is 0.192. The first-order valence-corrected chi connectivity index (χ1v) is 7.78. The Hall–Kier alpha value is -1.15. The molecule has 20 heavy (non-hydrogen) atoms. The molecule has 106 valence electrons. The quantitative estimate of drug-likeness (QED) is 0.600. The highest BCUT2D eigenvalue weighted by Gasteiger charge is 2.14. The monoisotopic (exact) mass is 334 g/mol. The minimum atomic E-state index is -0.192. The first-order chi connectivity index (χ1) is 9.40. The van der Waals surface area contributed by atoms with Crippen LogP contribution in [0.3, 0.4) is 0 Å². The summed E-state index contributed by atoms with van der Waals surface area (Å²) in [5.74, 6) is 0.661. The molecule has 0 fully saturated rings. The molecule has 0 unspecified atom stereocenters. The standard InChI is InChI=1S/C18H20BrF/c1-11(2)16-9-14(10-17(12(3)4)18(16)19)13-6-5-7-15(20)8-13/h5-12H,1-4H3. The Morgan fingerprint density at radius 1 is 0.850 bits per heavy atom. The Morgan fingerprint density at radius 3 is 1.85 bits per heavy atom. The van der Waals surface area contributed by atoms with Gasteiger partial charge in [0.1, 0.15) is 5.82 Å². The predicted molar refractivity (Wildman–Crippen MR) is 87.7 cm³/mol. The van der Waals surface area contributed by atoms with Crippen molar-refractivity contribution in [3.05, 3.63) is 57.8 Å². The first-order valence-electron chi connectivity index (χ1n) is 6.99. The van der Waals surface area contributed by atoms with E-state index in [0.29, 0.717) is 11.8 Å². The number of rotatable bonds is 3. The summed E-state index contributed by atoms with van der Waals surface area (Å²) in [6, 6.07) is 11.1. The van der Waals surface area contributed by atoms with E-state index in [0.717, 1.165) is 11.1 Å². The van der Waals surface area contributed by atoms with E-state index in [2.05, 4.69) is 55.8 Å². The van der Waals surface area contributed by atoms with Crippen molar-refractivity contribution in [2.24, 2.45) is 0 Å². The maximum atomic E-state index is 13.4. The van der Waals surface area contributed by atoms with E-state index in [-0.39, 0.29) is 5.82 Å². The van der Waals surface area contributed by atoms with Crippen LogP contribution in [0.4, 0.5) is 4.39 Å². The molecular weight excluding hydrogens is 315 g/mol. The zero-order valence-electron chi connectivity index (χ0n) is 12.4. The molecule has 0 spiro atoms. The molecule has 0 saturated heterocycles. The van der Waals surface area contributed by atoms with Crippen LogP contribution in [0.5, 0.6) is 0 Å². The molecular formula is C18H20BrF. The van der Waals surface area contributed by atoms with Crippen LogP contribution in [0.25, 0.3) is 11.1 Å². The van der Waals surface area contributed by atoms with Crippen LogP contribution in [-0.2, 0) is 0 Å². The maximum Gasteiger partial charge on any atom is 0.123 e. The summed E-state index contributed by atoms with van der Waals surface area (Å²) in [5.41, 5.74) is 4.56. The van der Waals surface area contributed by atoms with Gasteiger partial charge in [-0.15, -0.1) is 0 Å². The lowest BCUT2D eigenvalue weighted by atomic mass is 9.91. The lowest BCUT2D eigenvalue weighted by Crippen LogP contribution is -1.98. The van der Waals surface area contributed by atoms with Gasteiger partial charge in [0.2, 0.25) is 0 Å². The van der Waals surface area contributed by atoms with Gasteiger partial charge in [-0.3, -0.25) is 0 Å². The van der Waals surface area contributed by atoms with E-state index < -0.39 is 0 Å². The minimum Gasteiger partial charge on any atom is -0.207 e. The first kappa shape index (κ1) is 15.2. The lowest BCUT2D eigenvalue weighted by Gasteiger charge is -2.18. The summed E-state index contributed by atoms with van der Waals surface area (Å²) in [6.07, 6.45) is 0. The zero-order valence-corrected chi connectivity index (χ0v) is 14.0. The molecule has 0 nitrogen and oxygen atoms in total. The third-order valence-corrected chi connectivity index (χ3v) is 4.45. The van der Waals surface area contributed by atoms with Crippen molar-refractivity contribution < 1.29 is 4.39 Å². The molecule has 2 aromatic carbocycles. The largest absolute Gasteiger partial charge is 0.207 e. The molecule has 0 atom stereocenters. The predicted octanol–water partition coefficient (Wildman–Crippen LogP) is 6.50. The highest BCUT2D eigenvalue weighted by Crippen LogP contribution is 2.36. The van der Waals surface area contributed by atoms with E-state index in [1.165, 1.54) is 21.7 Å². The smallest absolute Gasteiger partial charge is 0.123 e. The molecule has 2 rings (SSSR count). The number of benzene rings is 2. The molecule has 0 bridgehead atoms. The van der Waals surface area contributed by atoms with Crippen molar-refractivity contribution in [2.75, 3.05) is 0 Å². The second kappa shape index (κ2) is 6.09. The van der Waals surface area contributed by atoms with E-state index >= 15 is 0 Å². The van der Waals surface area contributed by atoms with Gasteiger partial charge in [-0.05, 0) is 58.4 Å². The van der Waals surface area contributed by atoms with Gasteiger partial charge >= 0.3 is 0 Å². The molecule has 0 amide bonds. The van der Waals surface area contributed by atoms with Gasteiger partial charge < -0.3 is 0 Å². The lowest BCUT2D eigenvalue weighted by molar-refractivity contribution is 0.628. The van der Waals surface area contributed by atoms with Crippen molar-refractivity contribution in [1.29, 1.82) is 0 Å².